The third-order valence-electron chi connectivity index (χ3n) is 1.88. The first-order chi connectivity index (χ1) is 7.37. The van der Waals surface area contributed by atoms with Crippen molar-refractivity contribution < 1.29 is 19.1 Å². The number of benzene rings is 1. The summed E-state index contributed by atoms with van der Waals surface area (Å²) >= 11 is 0. The molecule has 1 rings (SSSR count). The third-order valence-corrected chi connectivity index (χ3v) is 2.35. The minimum absolute atomic E-state index is 0.0851. The first-order valence-electron chi connectivity index (χ1n) is 4.89. The van der Waals surface area contributed by atoms with Gasteiger partial charge in [0.15, 0.2) is 6.35 Å². The van der Waals surface area contributed by atoms with Crippen molar-refractivity contribution in [2.45, 2.75) is 19.4 Å². The summed E-state index contributed by atoms with van der Waals surface area (Å²) < 4.78 is 15.5. The van der Waals surface area contributed by atoms with Gasteiger partial charge in [0.05, 0.1) is 0 Å². The lowest BCUT2D eigenvalue weighted by atomic mass is 10.1. The minimum Gasteiger partial charge on any atom is -0.481 e. The maximum atomic E-state index is 10.6. The van der Waals surface area contributed by atoms with Crippen LogP contribution in [0.25, 0.3) is 0 Å². The van der Waals surface area contributed by atoms with E-state index in [0.29, 0.717) is 5.75 Å². The van der Waals surface area contributed by atoms with E-state index in [1.165, 1.54) is 0 Å². The molecule has 0 amide bonds. The summed E-state index contributed by atoms with van der Waals surface area (Å²) in [5.74, 6) is 0.441. The van der Waals surface area contributed by atoms with Crippen LogP contribution in [0.4, 0.5) is 0 Å². The second-order valence-electron chi connectivity index (χ2n) is 3.76. The van der Waals surface area contributed by atoms with Crippen LogP contribution in [-0.4, -0.2) is 22.2 Å². The lowest BCUT2D eigenvalue weighted by Gasteiger charge is -2.09. The van der Waals surface area contributed by atoms with Crippen molar-refractivity contribution in [1.82, 2.24) is 0 Å². The third kappa shape index (κ3) is 5.28. The van der Waals surface area contributed by atoms with Gasteiger partial charge in [0.25, 0.3) is 0 Å². The van der Waals surface area contributed by atoms with Crippen LogP contribution in [0.1, 0.15) is 12.5 Å². The smallest absolute Gasteiger partial charge is 0.362 e. The number of hydrogen-bond donors (Lipinski definition) is 3. The Bertz CT molecular complexity index is 371. The monoisotopic (exact) mass is 245 g/mol. The summed E-state index contributed by atoms with van der Waals surface area (Å²) in [5, 5.41) is 0. The molecule has 5 nitrogen and oxygen atoms in total. The quantitative estimate of drug-likeness (QED) is 0.675. The van der Waals surface area contributed by atoms with E-state index in [4.69, 9.17) is 20.3 Å². The molecule has 0 aliphatic rings. The van der Waals surface area contributed by atoms with Crippen LogP contribution in [0, 0.1) is 0 Å². The van der Waals surface area contributed by atoms with Gasteiger partial charge in [0.1, 0.15) is 5.75 Å². The highest BCUT2D eigenvalue weighted by Crippen LogP contribution is 2.34. The van der Waals surface area contributed by atoms with E-state index in [1.54, 1.807) is 12.1 Å². The Morgan fingerprint density at radius 1 is 1.38 bits per heavy atom. The van der Waals surface area contributed by atoms with Crippen molar-refractivity contribution in [3.8, 4) is 5.75 Å². The van der Waals surface area contributed by atoms with Crippen molar-refractivity contribution in [3.05, 3.63) is 29.8 Å². The van der Waals surface area contributed by atoms with Crippen molar-refractivity contribution in [2.75, 3.05) is 6.35 Å². The Kier molecular flexibility index (Phi) is 4.50. The van der Waals surface area contributed by atoms with Crippen molar-refractivity contribution >= 4 is 7.60 Å². The minimum atomic E-state index is -4.11. The van der Waals surface area contributed by atoms with Gasteiger partial charge in [-0.2, -0.15) is 0 Å². The summed E-state index contributed by atoms with van der Waals surface area (Å²) in [4.78, 5) is 17.2. The van der Waals surface area contributed by atoms with E-state index in [1.807, 2.05) is 19.1 Å². The maximum absolute atomic E-state index is 10.6. The molecular weight excluding hydrogens is 229 g/mol. The number of hydrogen-bond acceptors (Lipinski definition) is 3. The Labute approximate surface area is 94.4 Å². The van der Waals surface area contributed by atoms with E-state index in [9.17, 15) is 4.57 Å². The van der Waals surface area contributed by atoms with Gasteiger partial charge in [-0.05, 0) is 31.0 Å². The topological polar surface area (TPSA) is 92.8 Å². The van der Waals surface area contributed by atoms with E-state index >= 15 is 0 Å². The summed E-state index contributed by atoms with van der Waals surface area (Å²) in [6.07, 6.45) is 0.165. The number of nitrogens with two attached hydrogens (primary N) is 1. The van der Waals surface area contributed by atoms with Crippen molar-refractivity contribution in [2.24, 2.45) is 5.73 Å². The molecule has 1 atom stereocenters. The van der Waals surface area contributed by atoms with Crippen LogP contribution in [0.15, 0.2) is 24.3 Å². The fourth-order valence-corrected chi connectivity index (χ4v) is 1.57. The maximum Gasteiger partial charge on any atom is 0.362 e. The first-order valence-corrected chi connectivity index (χ1v) is 6.68. The molecule has 6 heteroatoms. The standard InChI is InChI=1S/C10H16NO4P/c1-8(11)6-9-2-4-10(5-3-9)15-7-16(12,13)14/h2-5,8H,6-7,11H2,1H3,(H2,12,13,14)/t8-/m1/s1. The second kappa shape index (κ2) is 5.46. The molecule has 0 aromatic heterocycles. The molecular formula is C10H16NO4P. The molecule has 1 aromatic rings. The second-order valence-corrected chi connectivity index (χ2v) is 5.35. The molecule has 0 spiro atoms. The van der Waals surface area contributed by atoms with Gasteiger partial charge < -0.3 is 20.3 Å². The highest BCUT2D eigenvalue weighted by atomic mass is 31.2. The Morgan fingerprint density at radius 3 is 2.38 bits per heavy atom. The molecule has 0 aliphatic carbocycles. The van der Waals surface area contributed by atoms with Crippen LogP contribution in [0.3, 0.4) is 0 Å². The molecule has 0 saturated heterocycles. The Balaban J connectivity index is 2.55. The molecule has 0 radical (unpaired) electrons. The molecule has 90 valence electrons. The normalized spacial score (nSPS) is 13.5. The highest BCUT2D eigenvalue weighted by Gasteiger charge is 2.13. The zero-order chi connectivity index (χ0) is 12.2. The molecule has 1 aromatic carbocycles. The lowest BCUT2D eigenvalue weighted by Crippen LogP contribution is -2.17. The molecule has 0 bridgehead atoms. The summed E-state index contributed by atoms with van der Waals surface area (Å²) in [5.41, 5.74) is 6.71. The van der Waals surface area contributed by atoms with Crippen LogP contribution in [0.5, 0.6) is 5.75 Å². The number of ether oxygens (including phenoxy) is 1. The molecule has 4 N–H and O–H groups in total. The Morgan fingerprint density at radius 2 is 1.94 bits per heavy atom. The van der Waals surface area contributed by atoms with E-state index in [0.717, 1.165) is 12.0 Å². The lowest BCUT2D eigenvalue weighted by molar-refractivity contribution is 0.300. The van der Waals surface area contributed by atoms with Crippen molar-refractivity contribution in [3.63, 3.8) is 0 Å². The van der Waals surface area contributed by atoms with Crippen LogP contribution in [0.2, 0.25) is 0 Å². The van der Waals surface area contributed by atoms with Gasteiger partial charge in [-0.15, -0.1) is 0 Å². The van der Waals surface area contributed by atoms with Gasteiger partial charge >= 0.3 is 7.60 Å². The van der Waals surface area contributed by atoms with E-state index in [-0.39, 0.29) is 6.04 Å². The van der Waals surface area contributed by atoms with Crippen LogP contribution >= 0.6 is 7.60 Å². The zero-order valence-electron chi connectivity index (χ0n) is 9.04. The molecule has 0 unspecified atom stereocenters. The molecule has 16 heavy (non-hydrogen) atoms. The van der Waals surface area contributed by atoms with Crippen molar-refractivity contribution in [1.29, 1.82) is 0 Å². The van der Waals surface area contributed by atoms with Gasteiger partial charge in [-0.1, -0.05) is 12.1 Å². The van der Waals surface area contributed by atoms with Crippen LogP contribution < -0.4 is 10.5 Å². The highest BCUT2D eigenvalue weighted by molar-refractivity contribution is 7.51. The average Bonchev–Trinajstić information content (AvgIpc) is 2.14. The molecule has 0 heterocycles. The summed E-state index contributed by atoms with van der Waals surface area (Å²) in [7, 11) is -4.11. The number of rotatable bonds is 5. The van der Waals surface area contributed by atoms with E-state index < -0.39 is 13.9 Å². The molecule has 0 fully saturated rings. The van der Waals surface area contributed by atoms with Gasteiger partial charge in [0, 0.05) is 6.04 Å². The van der Waals surface area contributed by atoms with Crippen LogP contribution in [-0.2, 0) is 11.0 Å². The zero-order valence-corrected chi connectivity index (χ0v) is 9.93. The predicted molar refractivity (Wildman–Crippen MR) is 61.3 cm³/mol. The van der Waals surface area contributed by atoms with Gasteiger partial charge in [0.2, 0.25) is 0 Å². The molecule has 0 saturated carbocycles. The molecule has 0 aliphatic heterocycles. The van der Waals surface area contributed by atoms with Gasteiger partial charge in [-0.25, -0.2) is 0 Å². The van der Waals surface area contributed by atoms with Gasteiger partial charge in [-0.3, -0.25) is 4.57 Å². The summed E-state index contributed by atoms with van der Waals surface area (Å²) in [6.45, 7) is 1.91. The Hall–Kier alpha value is -0.870. The average molecular weight is 245 g/mol. The predicted octanol–water partition coefficient (Wildman–Crippen LogP) is 1.09. The largest absolute Gasteiger partial charge is 0.481 e. The van der Waals surface area contributed by atoms with E-state index in [2.05, 4.69) is 0 Å². The SMILES string of the molecule is C[C@@H](N)Cc1ccc(OCP(=O)(O)O)cc1. The fourth-order valence-electron chi connectivity index (χ4n) is 1.25. The first kappa shape index (κ1) is 13.2. The fraction of sp³-hybridized carbons (Fsp3) is 0.400. The summed E-state index contributed by atoms with van der Waals surface area (Å²) in [6, 6.07) is 7.10.